The molecule has 0 saturated heterocycles. The predicted molar refractivity (Wildman–Crippen MR) is 84.3 cm³/mol. The first-order valence-electron chi connectivity index (χ1n) is 6.80. The van der Waals surface area contributed by atoms with E-state index in [1.54, 1.807) is 18.2 Å². The highest BCUT2D eigenvalue weighted by Crippen LogP contribution is 2.38. The minimum Gasteiger partial charge on any atom is -0.543 e. The van der Waals surface area contributed by atoms with Crippen LogP contribution in [0.25, 0.3) is 0 Å². The number of carbonyl (C=O) groups excluding carboxylic acids is 2. The molecule has 0 N–H and O–H groups in total. The molecule has 0 saturated carbocycles. The van der Waals surface area contributed by atoms with Crippen LogP contribution >= 0.6 is 0 Å². The van der Waals surface area contributed by atoms with Gasteiger partial charge in [-0.15, -0.1) is 0 Å². The summed E-state index contributed by atoms with van der Waals surface area (Å²) in [7, 11) is -2.00. The van der Waals surface area contributed by atoms with E-state index in [9.17, 15) is 9.59 Å². The molecule has 0 bridgehead atoms. The molecule has 20 heavy (non-hydrogen) atoms. The fourth-order valence-electron chi connectivity index (χ4n) is 1.54. The molecule has 110 valence electrons. The average Bonchev–Trinajstić information content (AvgIpc) is 2.26. The van der Waals surface area contributed by atoms with E-state index < -0.39 is 8.32 Å². The third-order valence-electron chi connectivity index (χ3n) is 3.94. The lowest BCUT2D eigenvalue weighted by Crippen LogP contribution is -2.44. The zero-order valence-electron chi connectivity index (χ0n) is 13.5. The molecule has 0 aliphatic heterocycles. The van der Waals surface area contributed by atoms with Crippen LogP contribution in [-0.4, -0.2) is 19.9 Å². The van der Waals surface area contributed by atoms with Crippen LogP contribution in [0.4, 0.5) is 0 Å². The van der Waals surface area contributed by atoms with Crippen LogP contribution in [0.3, 0.4) is 0 Å². The number of hydrogen-bond acceptors (Lipinski definition) is 3. The van der Waals surface area contributed by atoms with Gasteiger partial charge in [0.05, 0.1) is 5.56 Å². The highest BCUT2D eigenvalue weighted by Gasteiger charge is 2.39. The summed E-state index contributed by atoms with van der Waals surface area (Å²) in [6.07, 6.45) is 0. The molecule has 0 heterocycles. The molecule has 0 atom stereocenters. The molecular formula is C16H24O3Si. The van der Waals surface area contributed by atoms with Gasteiger partial charge in [-0.1, -0.05) is 20.8 Å². The SMILES string of the molecule is CC(=O)c1ccc(O[Si](C)(C)C(C)(C)C)c(C(C)=O)c1. The monoisotopic (exact) mass is 292 g/mol. The van der Waals surface area contributed by atoms with Gasteiger partial charge in [0.15, 0.2) is 11.6 Å². The highest BCUT2D eigenvalue weighted by atomic mass is 28.4. The smallest absolute Gasteiger partial charge is 0.250 e. The molecule has 0 aromatic heterocycles. The molecule has 0 unspecified atom stereocenters. The summed E-state index contributed by atoms with van der Waals surface area (Å²) in [5, 5.41) is 0.0559. The van der Waals surface area contributed by atoms with Crippen molar-refractivity contribution in [3.8, 4) is 5.75 Å². The zero-order chi connectivity index (χ0) is 15.7. The van der Waals surface area contributed by atoms with Gasteiger partial charge in [0.1, 0.15) is 5.75 Å². The van der Waals surface area contributed by atoms with E-state index in [0.29, 0.717) is 16.9 Å². The highest BCUT2D eigenvalue weighted by molar-refractivity contribution is 6.74. The summed E-state index contributed by atoms with van der Waals surface area (Å²) < 4.78 is 6.20. The molecule has 1 aromatic rings. The van der Waals surface area contributed by atoms with Crippen LogP contribution in [0, 0.1) is 0 Å². The number of rotatable bonds is 4. The number of ketones is 2. The lowest BCUT2D eigenvalue weighted by Gasteiger charge is -2.37. The Bertz CT molecular complexity index is 539. The largest absolute Gasteiger partial charge is 0.543 e. The summed E-state index contributed by atoms with van der Waals surface area (Å²) in [4.78, 5) is 23.2. The van der Waals surface area contributed by atoms with E-state index in [-0.39, 0.29) is 16.6 Å². The Morgan fingerprint density at radius 2 is 1.60 bits per heavy atom. The van der Waals surface area contributed by atoms with Gasteiger partial charge in [-0.3, -0.25) is 9.59 Å². The standard InChI is InChI=1S/C16H24O3Si/c1-11(17)13-8-9-15(14(10-13)12(2)18)19-20(6,7)16(3,4)5/h8-10H,1-7H3. The molecule has 1 aromatic carbocycles. The molecule has 3 nitrogen and oxygen atoms in total. The van der Waals surface area contributed by atoms with Crippen LogP contribution in [0.15, 0.2) is 18.2 Å². The van der Waals surface area contributed by atoms with Crippen LogP contribution in [0.5, 0.6) is 5.75 Å². The Morgan fingerprint density at radius 1 is 1.05 bits per heavy atom. The Labute approximate surface area is 122 Å². The van der Waals surface area contributed by atoms with E-state index in [1.165, 1.54) is 13.8 Å². The minimum absolute atomic E-state index is 0.0497. The van der Waals surface area contributed by atoms with Gasteiger partial charge in [0, 0.05) is 5.56 Å². The summed E-state index contributed by atoms with van der Waals surface area (Å²) in [5.41, 5.74) is 1.03. The van der Waals surface area contributed by atoms with Gasteiger partial charge in [-0.25, -0.2) is 0 Å². The summed E-state index contributed by atoms with van der Waals surface area (Å²) >= 11 is 0. The van der Waals surface area contributed by atoms with Gasteiger partial charge in [0.2, 0.25) is 0 Å². The molecule has 0 spiro atoms. The van der Waals surface area contributed by atoms with Crippen molar-refractivity contribution in [2.24, 2.45) is 0 Å². The molecular weight excluding hydrogens is 268 g/mol. The zero-order valence-corrected chi connectivity index (χ0v) is 14.5. The van der Waals surface area contributed by atoms with E-state index in [0.717, 1.165) is 0 Å². The fourth-order valence-corrected chi connectivity index (χ4v) is 2.58. The first-order valence-corrected chi connectivity index (χ1v) is 9.71. The summed E-state index contributed by atoms with van der Waals surface area (Å²) in [5.74, 6) is 0.460. The molecule has 1 rings (SSSR count). The minimum atomic E-state index is -2.00. The van der Waals surface area contributed by atoms with E-state index in [1.807, 2.05) is 0 Å². The number of hydrogen-bond donors (Lipinski definition) is 0. The third-order valence-corrected chi connectivity index (χ3v) is 8.28. The quantitative estimate of drug-likeness (QED) is 0.607. The van der Waals surface area contributed by atoms with Crippen molar-refractivity contribution in [1.82, 2.24) is 0 Å². The maximum atomic E-state index is 11.8. The van der Waals surface area contributed by atoms with Crippen LogP contribution < -0.4 is 4.43 Å². The molecule has 0 radical (unpaired) electrons. The van der Waals surface area contributed by atoms with E-state index in [2.05, 4.69) is 33.9 Å². The maximum Gasteiger partial charge on any atom is 0.250 e. The topological polar surface area (TPSA) is 43.4 Å². The van der Waals surface area contributed by atoms with Gasteiger partial charge in [-0.05, 0) is 50.2 Å². The molecule has 0 aliphatic carbocycles. The van der Waals surface area contributed by atoms with Crippen LogP contribution in [0.1, 0.15) is 55.3 Å². The Kier molecular flexibility index (Phi) is 4.59. The molecule has 0 fully saturated rings. The Morgan fingerprint density at radius 3 is 2.00 bits per heavy atom. The lowest BCUT2D eigenvalue weighted by atomic mass is 10.0. The first kappa shape index (κ1) is 16.6. The van der Waals surface area contributed by atoms with Gasteiger partial charge < -0.3 is 4.43 Å². The first-order chi connectivity index (χ1) is 8.95. The second kappa shape index (κ2) is 5.52. The molecule has 0 aliphatic rings. The predicted octanol–water partition coefficient (Wildman–Crippen LogP) is 4.48. The second-order valence-corrected chi connectivity index (χ2v) is 11.4. The summed E-state index contributed by atoms with van der Waals surface area (Å²) in [6, 6.07) is 5.10. The molecule has 4 heteroatoms. The Balaban J connectivity index is 3.26. The number of carbonyl (C=O) groups is 2. The van der Waals surface area contributed by atoms with Crippen molar-refractivity contribution in [1.29, 1.82) is 0 Å². The summed E-state index contributed by atoms with van der Waals surface area (Å²) in [6.45, 7) is 13.7. The second-order valence-electron chi connectivity index (χ2n) is 6.69. The van der Waals surface area contributed by atoms with Gasteiger partial charge >= 0.3 is 0 Å². The van der Waals surface area contributed by atoms with Crippen molar-refractivity contribution in [3.63, 3.8) is 0 Å². The maximum absolute atomic E-state index is 11.8. The van der Waals surface area contributed by atoms with Crippen molar-refractivity contribution in [2.45, 2.75) is 52.8 Å². The van der Waals surface area contributed by atoms with Gasteiger partial charge in [-0.2, -0.15) is 0 Å². The number of Topliss-reactive ketones (excluding diaryl/α,β-unsaturated/α-hetero) is 2. The van der Waals surface area contributed by atoms with Crippen LogP contribution in [0.2, 0.25) is 18.1 Å². The van der Waals surface area contributed by atoms with Crippen molar-refractivity contribution in [2.75, 3.05) is 0 Å². The fraction of sp³-hybridized carbons (Fsp3) is 0.500. The van der Waals surface area contributed by atoms with Gasteiger partial charge in [0.25, 0.3) is 8.32 Å². The Hall–Kier alpha value is -1.42. The van der Waals surface area contributed by atoms with E-state index in [4.69, 9.17) is 4.43 Å². The lowest BCUT2D eigenvalue weighted by molar-refractivity contribution is 0.101. The average molecular weight is 292 g/mol. The van der Waals surface area contributed by atoms with Crippen molar-refractivity contribution in [3.05, 3.63) is 29.3 Å². The third kappa shape index (κ3) is 3.57. The van der Waals surface area contributed by atoms with E-state index >= 15 is 0 Å². The molecule has 0 amide bonds. The normalized spacial score (nSPS) is 12.2. The van der Waals surface area contributed by atoms with Crippen LogP contribution in [-0.2, 0) is 0 Å². The van der Waals surface area contributed by atoms with Crippen molar-refractivity contribution < 1.29 is 14.0 Å². The number of benzene rings is 1. The van der Waals surface area contributed by atoms with Crippen molar-refractivity contribution >= 4 is 19.9 Å².